The van der Waals surface area contributed by atoms with Gasteiger partial charge in [0.15, 0.2) is 27.3 Å². The SMILES string of the molecule is CC1(C2CC2)CC(=O)C(c2ccc(F)c(F)c2)=C1c1ccc(S(C)(=O)=O)cc1. The largest absolute Gasteiger partial charge is 0.294 e. The molecule has 0 aliphatic heterocycles. The molecule has 1 saturated carbocycles. The van der Waals surface area contributed by atoms with E-state index in [1.807, 2.05) is 6.92 Å². The molecule has 0 spiro atoms. The number of allylic oxidation sites excluding steroid dienone is 2. The Bertz CT molecular complexity index is 1110. The van der Waals surface area contributed by atoms with E-state index in [-0.39, 0.29) is 10.7 Å². The van der Waals surface area contributed by atoms with E-state index in [9.17, 15) is 22.0 Å². The van der Waals surface area contributed by atoms with Gasteiger partial charge in [-0.25, -0.2) is 17.2 Å². The lowest BCUT2D eigenvalue weighted by atomic mass is 9.75. The zero-order chi connectivity index (χ0) is 20.3. The number of carbonyl (C=O) groups is 1. The summed E-state index contributed by atoms with van der Waals surface area (Å²) in [6.07, 6.45) is 3.48. The van der Waals surface area contributed by atoms with Crippen molar-refractivity contribution < 1.29 is 22.0 Å². The molecule has 0 saturated heterocycles. The monoisotopic (exact) mass is 402 g/mol. The van der Waals surface area contributed by atoms with Gasteiger partial charge in [-0.1, -0.05) is 25.1 Å². The minimum absolute atomic E-state index is 0.0948. The Hall–Kier alpha value is -2.34. The third-order valence-electron chi connectivity index (χ3n) is 5.89. The van der Waals surface area contributed by atoms with E-state index < -0.39 is 26.9 Å². The number of carbonyl (C=O) groups excluding carboxylic acids is 1. The Balaban J connectivity index is 1.94. The fraction of sp³-hybridized carbons (Fsp3) is 0.318. The van der Waals surface area contributed by atoms with Gasteiger partial charge in [0.25, 0.3) is 0 Å². The number of benzene rings is 2. The minimum Gasteiger partial charge on any atom is -0.294 e. The molecule has 0 amide bonds. The van der Waals surface area contributed by atoms with E-state index in [1.54, 1.807) is 12.1 Å². The maximum atomic E-state index is 13.9. The predicted octanol–water partition coefficient (Wildman–Crippen LogP) is 4.67. The van der Waals surface area contributed by atoms with Crippen LogP contribution in [0.5, 0.6) is 0 Å². The molecule has 2 aromatic carbocycles. The van der Waals surface area contributed by atoms with Crippen LogP contribution in [0.4, 0.5) is 8.78 Å². The summed E-state index contributed by atoms with van der Waals surface area (Å²) < 4.78 is 50.8. The maximum Gasteiger partial charge on any atom is 0.175 e. The molecule has 6 heteroatoms. The van der Waals surface area contributed by atoms with Gasteiger partial charge >= 0.3 is 0 Å². The average Bonchev–Trinajstić information content (AvgIpc) is 3.43. The highest BCUT2D eigenvalue weighted by Crippen LogP contribution is 2.60. The molecule has 1 fully saturated rings. The second kappa shape index (κ2) is 6.34. The fourth-order valence-corrected chi connectivity index (χ4v) is 4.93. The van der Waals surface area contributed by atoms with E-state index in [0.717, 1.165) is 42.4 Å². The highest BCUT2D eigenvalue weighted by atomic mass is 32.2. The Kier molecular flexibility index (Phi) is 4.30. The Morgan fingerprint density at radius 1 is 0.964 bits per heavy atom. The van der Waals surface area contributed by atoms with Crippen LogP contribution in [0.1, 0.15) is 37.3 Å². The number of hydrogen-bond donors (Lipinski definition) is 0. The lowest BCUT2D eigenvalue weighted by molar-refractivity contribution is -0.114. The third-order valence-corrected chi connectivity index (χ3v) is 7.01. The summed E-state index contributed by atoms with van der Waals surface area (Å²) in [5, 5.41) is 0. The first kappa shape index (κ1) is 19.0. The average molecular weight is 402 g/mol. The van der Waals surface area contributed by atoms with Crippen molar-refractivity contribution in [3.8, 4) is 0 Å². The first-order chi connectivity index (χ1) is 13.1. The molecule has 0 radical (unpaired) electrons. The van der Waals surface area contributed by atoms with E-state index >= 15 is 0 Å². The topological polar surface area (TPSA) is 51.2 Å². The van der Waals surface area contributed by atoms with Crippen LogP contribution >= 0.6 is 0 Å². The number of sulfone groups is 1. The van der Waals surface area contributed by atoms with E-state index in [0.29, 0.717) is 23.5 Å². The highest BCUT2D eigenvalue weighted by molar-refractivity contribution is 7.90. The molecule has 1 atom stereocenters. The first-order valence-corrected chi connectivity index (χ1v) is 11.0. The Morgan fingerprint density at radius 3 is 2.11 bits per heavy atom. The van der Waals surface area contributed by atoms with Gasteiger partial charge in [0.05, 0.1) is 4.90 Å². The van der Waals surface area contributed by atoms with Crippen LogP contribution < -0.4 is 0 Å². The zero-order valence-corrected chi connectivity index (χ0v) is 16.4. The molecule has 4 rings (SSSR count). The fourth-order valence-electron chi connectivity index (χ4n) is 4.30. The van der Waals surface area contributed by atoms with Gasteiger partial charge in [-0.05, 0) is 59.7 Å². The Morgan fingerprint density at radius 2 is 1.57 bits per heavy atom. The van der Waals surface area contributed by atoms with Gasteiger partial charge in [0, 0.05) is 23.7 Å². The van der Waals surface area contributed by atoms with Gasteiger partial charge < -0.3 is 0 Å². The summed E-state index contributed by atoms with van der Waals surface area (Å²) in [7, 11) is -3.34. The van der Waals surface area contributed by atoms with Gasteiger partial charge in [-0.2, -0.15) is 0 Å². The normalized spacial score (nSPS) is 22.8. The molecule has 2 aromatic rings. The highest BCUT2D eigenvalue weighted by Gasteiger charge is 2.51. The van der Waals surface area contributed by atoms with Crippen LogP contribution in [-0.4, -0.2) is 20.5 Å². The summed E-state index contributed by atoms with van der Waals surface area (Å²) >= 11 is 0. The first-order valence-electron chi connectivity index (χ1n) is 9.15. The molecule has 0 bridgehead atoms. The molecule has 28 heavy (non-hydrogen) atoms. The van der Waals surface area contributed by atoms with Crippen molar-refractivity contribution in [1.82, 2.24) is 0 Å². The van der Waals surface area contributed by atoms with Gasteiger partial charge in [0.2, 0.25) is 0 Å². The standard InChI is InChI=1S/C22H20F2O3S/c1-22(15-6-7-15)12-19(25)20(14-5-10-17(23)18(24)11-14)21(22)13-3-8-16(9-4-13)28(2,26)27/h3-5,8-11,15H,6-7,12H2,1-2H3. The summed E-state index contributed by atoms with van der Waals surface area (Å²) in [4.78, 5) is 13.2. The van der Waals surface area contributed by atoms with Crippen molar-refractivity contribution in [1.29, 1.82) is 0 Å². The summed E-state index contributed by atoms with van der Waals surface area (Å²) in [5.74, 6) is -1.70. The molecular formula is C22H20F2O3S. The van der Waals surface area contributed by atoms with Crippen LogP contribution in [0.15, 0.2) is 47.4 Å². The van der Waals surface area contributed by atoms with Gasteiger partial charge in [0.1, 0.15) is 0 Å². The third kappa shape index (κ3) is 3.09. The van der Waals surface area contributed by atoms with Crippen LogP contribution in [0.25, 0.3) is 11.1 Å². The number of ketones is 1. The predicted molar refractivity (Wildman–Crippen MR) is 103 cm³/mol. The van der Waals surface area contributed by atoms with Crippen LogP contribution in [0.3, 0.4) is 0 Å². The molecule has 0 aromatic heterocycles. The molecule has 2 aliphatic rings. The van der Waals surface area contributed by atoms with Gasteiger partial charge in [-0.15, -0.1) is 0 Å². The Labute approximate surface area is 163 Å². The minimum atomic E-state index is -3.34. The number of rotatable bonds is 4. The molecule has 3 nitrogen and oxygen atoms in total. The van der Waals surface area contributed by atoms with Gasteiger partial charge in [-0.3, -0.25) is 4.79 Å². The second-order valence-electron chi connectivity index (χ2n) is 7.97. The molecule has 2 aliphatic carbocycles. The maximum absolute atomic E-state index is 13.9. The lowest BCUT2D eigenvalue weighted by Gasteiger charge is -2.28. The number of halogens is 2. The van der Waals surface area contributed by atoms with E-state index in [2.05, 4.69) is 0 Å². The summed E-state index contributed by atoms with van der Waals surface area (Å²) in [6, 6.07) is 9.96. The van der Waals surface area contributed by atoms with Crippen molar-refractivity contribution in [2.45, 2.75) is 31.1 Å². The van der Waals surface area contributed by atoms with Crippen LogP contribution in [0, 0.1) is 23.0 Å². The van der Waals surface area contributed by atoms with Crippen molar-refractivity contribution in [3.63, 3.8) is 0 Å². The molecule has 0 heterocycles. The number of hydrogen-bond acceptors (Lipinski definition) is 3. The summed E-state index contributed by atoms with van der Waals surface area (Å²) in [5.41, 5.74) is 1.90. The molecular weight excluding hydrogens is 382 g/mol. The number of Topliss-reactive ketones (excluding diaryl/α,β-unsaturated/α-hetero) is 1. The smallest absolute Gasteiger partial charge is 0.175 e. The second-order valence-corrected chi connectivity index (χ2v) is 9.98. The van der Waals surface area contributed by atoms with Crippen molar-refractivity contribution in [3.05, 3.63) is 65.2 Å². The zero-order valence-electron chi connectivity index (χ0n) is 15.6. The molecule has 0 N–H and O–H groups in total. The van der Waals surface area contributed by atoms with Crippen molar-refractivity contribution in [2.75, 3.05) is 6.26 Å². The van der Waals surface area contributed by atoms with E-state index in [1.165, 1.54) is 18.2 Å². The van der Waals surface area contributed by atoms with Crippen molar-refractivity contribution >= 4 is 26.8 Å². The molecule has 146 valence electrons. The molecule has 1 unspecified atom stereocenters. The van der Waals surface area contributed by atoms with Crippen LogP contribution in [-0.2, 0) is 14.6 Å². The summed E-state index contributed by atoms with van der Waals surface area (Å²) in [6.45, 7) is 2.04. The quantitative estimate of drug-likeness (QED) is 0.747. The van der Waals surface area contributed by atoms with Crippen LogP contribution in [0.2, 0.25) is 0 Å². The van der Waals surface area contributed by atoms with E-state index in [4.69, 9.17) is 0 Å². The van der Waals surface area contributed by atoms with Crippen molar-refractivity contribution in [2.24, 2.45) is 11.3 Å². The lowest BCUT2D eigenvalue weighted by Crippen LogP contribution is -2.18.